The number of anilines is 1. The second-order valence-corrected chi connectivity index (χ2v) is 4.70. The number of carbonyl (C=O) groups is 1. The maximum atomic E-state index is 11.7. The van der Waals surface area contributed by atoms with Crippen molar-refractivity contribution in [3.8, 4) is 5.75 Å². The van der Waals surface area contributed by atoms with E-state index in [1.54, 1.807) is 25.6 Å². The Balaban J connectivity index is 1.63. The Morgan fingerprint density at radius 2 is 2.00 bits per heavy atom. The van der Waals surface area contributed by atoms with Crippen LogP contribution in [0, 0.1) is 0 Å². The van der Waals surface area contributed by atoms with E-state index in [0.717, 1.165) is 17.7 Å². The lowest BCUT2D eigenvalue weighted by Gasteiger charge is -2.07. The summed E-state index contributed by atoms with van der Waals surface area (Å²) >= 11 is 0. The number of hydrogen-bond donors (Lipinski definition) is 2. The summed E-state index contributed by atoms with van der Waals surface area (Å²) in [6, 6.07) is 9.58. The largest absolute Gasteiger partial charge is 0.497 e. The van der Waals surface area contributed by atoms with Crippen LogP contribution in [0.1, 0.15) is 12.0 Å². The molecule has 0 radical (unpaired) electrons. The van der Waals surface area contributed by atoms with Crippen molar-refractivity contribution in [2.45, 2.75) is 12.8 Å². The summed E-state index contributed by atoms with van der Waals surface area (Å²) in [6.07, 6.45) is 4.47. The molecule has 0 atom stereocenters. The first-order valence-corrected chi connectivity index (χ1v) is 7.18. The maximum Gasteiger partial charge on any atom is 0.222 e. The quantitative estimate of drug-likeness (QED) is 0.775. The van der Waals surface area contributed by atoms with Gasteiger partial charge in [0.25, 0.3) is 0 Å². The topological polar surface area (TPSA) is 76.1 Å². The molecule has 1 heterocycles. The Morgan fingerprint density at radius 3 is 2.77 bits per heavy atom. The normalized spacial score (nSPS) is 10.0. The van der Waals surface area contributed by atoms with Crippen molar-refractivity contribution in [1.82, 2.24) is 15.3 Å². The number of hydrogen-bond acceptors (Lipinski definition) is 5. The van der Waals surface area contributed by atoms with Crippen LogP contribution >= 0.6 is 0 Å². The van der Waals surface area contributed by atoms with Crippen LogP contribution in [0.4, 0.5) is 5.95 Å². The summed E-state index contributed by atoms with van der Waals surface area (Å²) < 4.78 is 5.17. The standard InChI is InChI=1S/C16H20N4O2/c1-22-14-5-2-4-13(12-14)6-10-17-15(21)7-11-20-16-18-8-3-9-19-16/h2-5,8-9,12H,6-7,10-11H2,1H3,(H,17,21)(H,18,19,20). The van der Waals surface area contributed by atoms with E-state index in [0.29, 0.717) is 25.5 Å². The monoisotopic (exact) mass is 300 g/mol. The van der Waals surface area contributed by atoms with Crippen molar-refractivity contribution in [2.24, 2.45) is 0 Å². The third-order valence-corrected chi connectivity index (χ3v) is 3.07. The molecule has 116 valence electrons. The lowest BCUT2D eigenvalue weighted by molar-refractivity contribution is -0.120. The number of amides is 1. The highest BCUT2D eigenvalue weighted by Gasteiger charge is 2.02. The van der Waals surface area contributed by atoms with E-state index in [-0.39, 0.29) is 5.91 Å². The molecule has 1 aromatic carbocycles. The average Bonchev–Trinajstić information content (AvgIpc) is 2.56. The van der Waals surface area contributed by atoms with Crippen LogP contribution < -0.4 is 15.4 Å². The summed E-state index contributed by atoms with van der Waals surface area (Å²) in [4.78, 5) is 19.8. The molecule has 0 aliphatic rings. The lowest BCUT2D eigenvalue weighted by atomic mass is 10.1. The SMILES string of the molecule is COc1cccc(CCNC(=O)CCNc2ncccn2)c1. The number of ether oxygens (including phenoxy) is 1. The van der Waals surface area contributed by atoms with Gasteiger partial charge in [0, 0.05) is 31.9 Å². The molecule has 0 aliphatic carbocycles. The molecule has 1 aromatic heterocycles. The third kappa shape index (κ3) is 5.40. The van der Waals surface area contributed by atoms with E-state index >= 15 is 0 Å². The summed E-state index contributed by atoms with van der Waals surface area (Å²) in [5, 5.41) is 5.89. The first-order valence-electron chi connectivity index (χ1n) is 7.18. The Labute approximate surface area is 129 Å². The fraction of sp³-hybridized carbons (Fsp3) is 0.312. The number of benzene rings is 1. The lowest BCUT2D eigenvalue weighted by Crippen LogP contribution is -2.27. The van der Waals surface area contributed by atoms with E-state index in [4.69, 9.17) is 4.74 Å². The van der Waals surface area contributed by atoms with Gasteiger partial charge < -0.3 is 15.4 Å². The van der Waals surface area contributed by atoms with Gasteiger partial charge in [-0.25, -0.2) is 9.97 Å². The molecule has 1 amide bonds. The summed E-state index contributed by atoms with van der Waals surface area (Å²) in [5.74, 6) is 1.37. The van der Waals surface area contributed by atoms with E-state index in [1.807, 2.05) is 24.3 Å². The summed E-state index contributed by atoms with van der Waals surface area (Å²) in [6.45, 7) is 1.11. The predicted octanol–water partition coefficient (Wildman–Crippen LogP) is 1.65. The van der Waals surface area contributed by atoms with Crippen LogP contribution in [0.3, 0.4) is 0 Å². The van der Waals surface area contributed by atoms with Gasteiger partial charge >= 0.3 is 0 Å². The Bertz CT molecular complexity index is 590. The molecule has 0 fully saturated rings. The van der Waals surface area contributed by atoms with Gasteiger partial charge in [0.2, 0.25) is 11.9 Å². The molecule has 6 heteroatoms. The van der Waals surface area contributed by atoms with E-state index in [1.165, 1.54) is 0 Å². The van der Waals surface area contributed by atoms with Crippen LogP contribution in [0.15, 0.2) is 42.7 Å². The first kappa shape index (κ1) is 15.8. The van der Waals surface area contributed by atoms with Crippen LogP contribution in [0.2, 0.25) is 0 Å². The number of nitrogens with zero attached hydrogens (tertiary/aromatic N) is 2. The van der Waals surface area contributed by atoms with Gasteiger partial charge in [-0.3, -0.25) is 4.79 Å². The van der Waals surface area contributed by atoms with Crippen LogP contribution in [0.25, 0.3) is 0 Å². The number of nitrogens with one attached hydrogen (secondary N) is 2. The van der Waals surface area contributed by atoms with Gasteiger partial charge in [0.1, 0.15) is 5.75 Å². The van der Waals surface area contributed by atoms with Gasteiger partial charge in [0.15, 0.2) is 0 Å². The van der Waals surface area contributed by atoms with Gasteiger partial charge in [-0.1, -0.05) is 12.1 Å². The Hall–Kier alpha value is -2.63. The molecule has 6 nitrogen and oxygen atoms in total. The van der Waals surface area contributed by atoms with Crippen molar-refractivity contribution in [3.63, 3.8) is 0 Å². The molecule has 0 saturated carbocycles. The zero-order valence-corrected chi connectivity index (χ0v) is 12.6. The fourth-order valence-corrected chi connectivity index (χ4v) is 1.94. The molecule has 2 rings (SSSR count). The zero-order chi connectivity index (χ0) is 15.6. The molecule has 0 saturated heterocycles. The van der Waals surface area contributed by atoms with Crippen molar-refractivity contribution in [2.75, 3.05) is 25.5 Å². The van der Waals surface area contributed by atoms with Crippen LogP contribution in [-0.2, 0) is 11.2 Å². The minimum absolute atomic E-state index is 0.00586. The molecule has 0 spiro atoms. The molecule has 2 N–H and O–H groups in total. The van der Waals surface area contributed by atoms with Crippen molar-refractivity contribution >= 4 is 11.9 Å². The van der Waals surface area contributed by atoms with E-state index in [9.17, 15) is 4.79 Å². The second-order valence-electron chi connectivity index (χ2n) is 4.70. The maximum absolute atomic E-state index is 11.7. The highest BCUT2D eigenvalue weighted by Crippen LogP contribution is 2.12. The van der Waals surface area contributed by atoms with E-state index < -0.39 is 0 Å². The second kappa shape index (κ2) is 8.61. The number of carbonyl (C=O) groups excluding carboxylic acids is 1. The van der Waals surface area contributed by atoms with Crippen molar-refractivity contribution in [1.29, 1.82) is 0 Å². The Morgan fingerprint density at radius 1 is 1.18 bits per heavy atom. The smallest absolute Gasteiger partial charge is 0.222 e. The van der Waals surface area contributed by atoms with E-state index in [2.05, 4.69) is 20.6 Å². The number of aromatic nitrogens is 2. The fourth-order valence-electron chi connectivity index (χ4n) is 1.94. The zero-order valence-electron chi connectivity index (χ0n) is 12.6. The minimum atomic E-state index is 0.00586. The van der Waals surface area contributed by atoms with Crippen LogP contribution in [-0.4, -0.2) is 36.1 Å². The summed E-state index contributed by atoms with van der Waals surface area (Å²) in [7, 11) is 1.64. The first-order chi connectivity index (χ1) is 10.8. The molecule has 0 bridgehead atoms. The highest BCUT2D eigenvalue weighted by atomic mass is 16.5. The van der Waals surface area contributed by atoms with Gasteiger partial charge in [-0.2, -0.15) is 0 Å². The molecular formula is C16H20N4O2. The average molecular weight is 300 g/mol. The van der Waals surface area contributed by atoms with Gasteiger partial charge in [-0.15, -0.1) is 0 Å². The predicted molar refractivity (Wildman–Crippen MR) is 84.8 cm³/mol. The molecular weight excluding hydrogens is 280 g/mol. The van der Waals surface area contributed by atoms with Crippen molar-refractivity contribution < 1.29 is 9.53 Å². The molecule has 0 unspecified atom stereocenters. The Kier molecular flexibility index (Phi) is 6.17. The number of rotatable bonds is 8. The summed E-state index contributed by atoms with van der Waals surface area (Å²) in [5.41, 5.74) is 1.13. The molecule has 0 aliphatic heterocycles. The molecule has 2 aromatic rings. The third-order valence-electron chi connectivity index (χ3n) is 3.07. The molecule has 22 heavy (non-hydrogen) atoms. The number of methoxy groups -OCH3 is 1. The minimum Gasteiger partial charge on any atom is -0.497 e. The van der Waals surface area contributed by atoms with Crippen molar-refractivity contribution in [3.05, 3.63) is 48.3 Å². The van der Waals surface area contributed by atoms with Gasteiger partial charge in [0.05, 0.1) is 7.11 Å². The van der Waals surface area contributed by atoms with Gasteiger partial charge in [-0.05, 0) is 30.2 Å². The highest BCUT2D eigenvalue weighted by molar-refractivity contribution is 5.76. The van der Waals surface area contributed by atoms with Crippen LogP contribution in [0.5, 0.6) is 5.75 Å².